The molecule has 0 saturated heterocycles. The highest BCUT2D eigenvalue weighted by molar-refractivity contribution is 6.31. The molecule has 2 rings (SSSR count). The Bertz CT molecular complexity index is 529. The monoisotopic (exact) mass is 328 g/mol. The number of halogens is 2. The minimum atomic E-state index is -0.505. The lowest BCUT2D eigenvalue weighted by atomic mass is 9.69. The summed E-state index contributed by atoms with van der Waals surface area (Å²) in [6.07, 6.45) is 3.61. The fourth-order valence-corrected chi connectivity index (χ4v) is 2.96. The quantitative estimate of drug-likeness (QED) is 0.809. The van der Waals surface area contributed by atoms with Gasteiger partial charge in [0.05, 0.1) is 5.02 Å². The van der Waals surface area contributed by atoms with Gasteiger partial charge in [0.2, 0.25) is 5.91 Å². The first-order valence-corrected chi connectivity index (χ1v) is 7.86. The van der Waals surface area contributed by atoms with E-state index in [0.717, 1.165) is 19.4 Å². The average Bonchev–Trinajstić information content (AvgIpc) is 2.45. The van der Waals surface area contributed by atoms with Gasteiger partial charge in [-0.3, -0.25) is 4.79 Å². The van der Waals surface area contributed by atoms with Gasteiger partial charge in [0.25, 0.3) is 0 Å². The fraction of sp³-hybridized carbons (Fsp3) is 0.562. The third-order valence-electron chi connectivity index (χ3n) is 4.28. The van der Waals surface area contributed by atoms with Gasteiger partial charge in [-0.15, -0.1) is 0 Å². The van der Waals surface area contributed by atoms with Gasteiger partial charge < -0.3 is 15.3 Å². The molecule has 0 atom stereocenters. The third-order valence-corrected chi connectivity index (χ3v) is 4.57. The van der Waals surface area contributed by atoms with E-state index in [1.807, 2.05) is 7.05 Å². The molecule has 0 bridgehead atoms. The molecule has 1 aromatic rings. The maximum Gasteiger partial charge on any atom is 0.225 e. The van der Waals surface area contributed by atoms with Crippen molar-refractivity contribution in [2.24, 2.45) is 5.41 Å². The topological polar surface area (TPSA) is 52.6 Å². The first-order chi connectivity index (χ1) is 10.4. The number of benzene rings is 1. The second-order valence-corrected chi connectivity index (χ2v) is 6.58. The van der Waals surface area contributed by atoms with Crippen molar-refractivity contribution >= 4 is 23.2 Å². The van der Waals surface area contributed by atoms with Crippen molar-refractivity contribution in [3.63, 3.8) is 0 Å². The predicted octanol–water partition coefficient (Wildman–Crippen LogP) is 2.90. The van der Waals surface area contributed by atoms with Gasteiger partial charge in [-0.05, 0) is 38.1 Å². The number of carbonyl (C=O) groups is 1. The zero-order valence-electron chi connectivity index (χ0n) is 12.7. The summed E-state index contributed by atoms with van der Waals surface area (Å²) in [7, 11) is 1.96. The van der Waals surface area contributed by atoms with Crippen molar-refractivity contribution < 1.29 is 14.3 Å². The first kappa shape index (κ1) is 17.2. The van der Waals surface area contributed by atoms with Crippen molar-refractivity contribution in [2.45, 2.75) is 25.7 Å². The SMILES string of the molecule is CN(CCC(=O)Nc1ccc(F)c(Cl)c1)CC1(CO)CCC1. The van der Waals surface area contributed by atoms with Crippen LogP contribution >= 0.6 is 11.6 Å². The molecule has 1 aliphatic carbocycles. The summed E-state index contributed by atoms with van der Waals surface area (Å²) in [6, 6.07) is 4.11. The molecule has 0 heterocycles. The number of hydrogen-bond donors (Lipinski definition) is 2. The normalized spacial score (nSPS) is 16.4. The van der Waals surface area contributed by atoms with Crippen LogP contribution in [0.5, 0.6) is 0 Å². The molecule has 0 aliphatic heterocycles. The van der Waals surface area contributed by atoms with E-state index < -0.39 is 5.82 Å². The molecule has 0 aromatic heterocycles. The first-order valence-electron chi connectivity index (χ1n) is 7.48. The number of rotatable bonds is 7. The van der Waals surface area contributed by atoms with Gasteiger partial charge >= 0.3 is 0 Å². The average molecular weight is 329 g/mol. The molecule has 1 fully saturated rings. The highest BCUT2D eigenvalue weighted by Gasteiger charge is 2.37. The Hall–Kier alpha value is -1.17. The number of amides is 1. The van der Waals surface area contributed by atoms with Crippen LogP contribution in [0.1, 0.15) is 25.7 Å². The van der Waals surface area contributed by atoms with E-state index in [1.54, 1.807) is 0 Å². The molecular weight excluding hydrogens is 307 g/mol. The smallest absolute Gasteiger partial charge is 0.225 e. The third kappa shape index (κ3) is 4.41. The van der Waals surface area contributed by atoms with Crippen LogP contribution in [-0.4, -0.2) is 42.7 Å². The Morgan fingerprint density at radius 1 is 1.50 bits per heavy atom. The van der Waals surface area contributed by atoms with E-state index >= 15 is 0 Å². The molecule has 22 heavy (non-hydrogen) atoms. The van der Waals surface area contributed by atoms with E-state index in [4.69, 9.17) is 11.6 Å². The maximum atomic E-state index is 13.0. The van der Waals surface area contributed by atoms with Crippen molar-refractivity contribution in [3.8, 4) is 0 Å². The molecule has 0 radical (unpaired) electrons. The Balaban J connectivity index is 1.76. The lowest BCUT2D eigenvalue weighted by Gasteiger charge is -2.43. The summed E-state index contributed by atoms with van der Waals surface area (Å²) >= 11 is 5.68. The second-order valence-electron chi connectivity index (χ2n) is 6.18. The number of hydrogen-bond acceptors (Lipinski definition) is 3. The summed E-state index contributed by atoms with van der Waals surface area (Å²) in [4.78, 5) is 14.0. The molecular formula is C16H22ClFN2O2. The van der Waals surface area contributed by atoms with Crippen LogP contribution in [0.3, 0.4) is 0 Å². The number of carbonyl (C=O) groups excluding carboxylic acids is 1. The second kappa shape index (κ2) is 7.40. The summed E-state index contributed by atoms with van der Waals surface area (Å²) in [5.74, 6) is -0.643. The van der Waals surface area contributed by atoms with Crippen molar-refractivity contribution in [1.82, 2.24) is 4.90 Å². The number of anilines is 1. The van der Waals surface area contributed by atoms with Gasteiger partial charge in [0, 0.05) is 37.2 Å². The standard InChI is InChI=1S/C16H22ClFN2O2/c1-20(10-16(11-21)6-2-7-16)8-5-15(22)19-12-3-4-14(18)13(17)9-12/h3-4,9,21H,2,5-8,10-11H2,1H3,(H,19,22). The molecule has 122 valence electrons. The molecule has 1 saturated carbocycles. The molecule has 2 N–H and O–H groups in total. The predicted molar refractivity (Wildman–Crippen MR) is 85.5 cm³/mol. The molecule has 0 unspecified atom stereocenters. The van der Waals surface area contributed by atoms with Crippen LogP contribution in [0, 0.1) is 11.2 Å². The van der Waals surface area contributed by atoms with Gasteiger partial charge in [0.1, 0.15) is 5.82 Å². The molecule has 4 nitrogen and oxygen atoms in total. The Morgan fingerprint density at radius 3 is 2.77 bits per heavy atom. The van der Waals surface area contributed by atoms with E-state index in [2.05, 4.69) is 10.2 Å². The van der Waals surface area contributed by atoms with E-state index in [1.165, 1.54) is 24.6 Å². The van der Waals surface area contributed by atoms with Crippen molar-refractivity contribution in [1.29, 1.82) is 0 Å². The molecule has 1 amide bonds. The zero-order valence-corrected chi connectivity index (χ0v) is 13.5. The lowest BCUT2D eigenvalue weighted by molar-refractivity contribution is -0.116. The highest BCUT2D eigenvalue weighted by atomic mass is 35.5. The number of aliphatic hydroxyl groups excluding tert-OH is 1. The van der Waals surface area contributed by atoms with E-state index in [0.29, 0.717) is 18.7 Å². The molecule has 1 aromatic carbocycles. The van der Waals surface area contributed by atoms with Crippen LogP contribution in [-0.2, 0) is 4.79 Å². The number of aliphatic hydroxyl groups is 1. The van der Waals surface area contributed by atoms with E-state index in [9.17, 15) is 14.3 Å². The largest absolute Gasteiger partial charge is 0.396 e. The van der Waals surface area contributed by atoms with Gasteiger partial charge in [0.15, 0.2) is 0 Å². The maximum absolute atomic E-state index is 13.0. The Morgan fingerprint density at radius 2 is 2.23 bits per heavy atom. The Labute approximate surface area is 135 Å². The molecule has 0 spiro atoms. The van der Waals surface area contributed by atoms with Crippen LogP contribution in [0.25, 0.3) is 0 Å². The fourth-order valence-electron chi connectivity index (χ4n) is 2.78. The molecule has 6 heteroatoms. The zero-order chi connectivity index (χ0) is 16.2. The Kier molecular flexibility index (Phi) is 5.78. The summed E-state index contributed by atoms with van der Waals surface area (Å²) in [6.45, 7) is 1.62. The minimum absolute atomic E-state index is 0.00945. The summed E-state index contributed by atoms with van der Waals surface area (Å²) < 4.78 is 13.0. The van der Waals surface area contributed by atoms with Gasteiger partial charge in [-0.1, -0.05) is 18.0 Å². The van der Waals surface area contributed by atoms with Crippen LogP contribution < -0.4 is 5.32 Å². The van der Waals surface area contributed by atoms with Crippen LogP contribution in [0.2, 0.25) is 5.02 Å². The van der Waals surface area contributed by atoms with Crippen LogP contribution in [0.4, 0.5) is 10.1 Å². The van der Waals surface area contributed by atoms with Crippen molar-refractivity contribution in [2.75, 3.05) is 32.1 Å². The van der Waals surface area contributed by atoms with Crippen LogP contribution in [0.15, 0.2) is 18.2 Å². The highest BCUT2D eigenvalue weighted by Crippen LogP contribution is 2.40. The minimum Gasteiger partial charge on any atom is -0.396 e. The number of nitrogens with zero attached hydrogens (tertiary/aromatic N) is 1. The van der Waals surface area contributed by atoms with E-state index in [-0.39, 0.29) is 23.0 Å². The lowest BCUT2D eigenvalue weighted by Crippen LogP contribution is -2.44. The number of nitrogens with one attached hydrogen (secondary N) is 1. The summed E-state index contributed by atoms with van der Waals surface area (Å²) in [5, 5.41) is 12.2. The molecule has 1 aliphatic rings. The van der Waals surface area contributed by atoms with Gasteiger partial charge in [-0.25, -0.2) is 4.39 Å². The van der Waals surface area contributed by atoms with Gasteiger partial charge in [-0.2, -0.15) is 0 Å². The van der Waals surface area contributed by atoms with Crippen molar-refractivity contribution in [3.05, 3.63) is 29.0 Å². The summed E-state index contributed by atoms with van der Waals surface area (Å²) in [5.41, 5.74) is 0.514.